The van der Waals surface area contributed by atoms with Crippen molar-refractivity contribution in [1.29, 1.82) is 0 Å². The van der Waals surface area contributed by atoms with E-state index in [-0.39, 0.29) is 0 Å². The van der Waals surface area contributed by atoms with E-state index < -0.39 is 8.60 Å². The maximum absolute atomic E-state index is 5.89. The molecule has 0 amide bonds. The topological polar surface area (TPSA) is 27.7 Å². The predicted molar refractivity (Wildman–Crippen MR) is 79.2 cm³/mol. The molecule has 0 saturated carbocycles. The summed E-state index contributed by atoms with van der Waals surface area (Å²) >= 11 is 0. The molecule has 0 unspecified atom stereocenters. The van der Waals surface area contributed by atoms with Crippen LogP contribution in [0.4, 0.5) is 0 Å². The first-order valence-corrected chi connectivity index (χ1v) is 7.40. The van der Waals surface area contributed by atoms with Gasteiger partial charge in [0.25, 0.3) is 0 Å². The molecule has 1 aliphatic heterocycles. The Labute approximate surface area is 117 Å². The summed E-state index contributed by atoms with van der Waals surface area (Å²) in [4.78, 5) is 0. The van der Waals surface area contributed by atoms with Gasteiger partial charge in [-0.1, -0.05) is 48.5 Å². The lowest BCUT2D eigenvalue weighted by Gasteiger charge is -2.11. The molecule has 0 aromatic heterocycles. The molecule has 4 rings (SSSR count). The molecule has 1 aliphatic rings. The summed E-state index contributed by atoms with van der Waals surface area (Å²) in [6.07, 6.45) is 0. The molecule has 3 aromatic carbocycles. The Hall–Kier alpha value is -2.25. The zero-order valence-electron chi connectivity index (χ0n) is 10.5. The lowest BCUT2D eigenvalue weighted by molar-refractivity contribution is 0.438. The summed E-state index contributed by atoms with van der Waals surface area (Å²) in [6.45, 7) is 0. The van der Waals surface area contributed by atoms with E-state index in [0.29, 0.717) is 0 Å². The van der Waals surface area contributed by atoms with E-state index in [1.165, 1.54) is 0 Å². The highest BCUT2D eigenvalue weighted by Gasteiger charge is 2.29. The van der Waals surface area contributed by atoms with Crippen molar-refractivity contribution in [2.75, 3.05) is 0 Å². The van der Waals surface area contributed by atoms with Gasteiger partial charge in [-0.3, -0.25) is 0 Å². The van der Waals surface area contributed by atoms with Crippen molar-refractivity contribution in [3.05, 3.63) is 66.7 Å². The van der Waals surface area contributed by atoms with Crippen LogP contribution in [-0.4, -0.2) is 0 Å². The molecule has 1 heterocycles. The summed E-state index contributed by atoms with van der Waals surface area (Å²) in [5, 5.41) is 2.19. The van der Waals surface area contributed by atoms with Gasteiger partial charge in [0.2, 0.25) is 0 Å². The van der Waals surface area contributed by atoms with E-state index in [9.17, 15) is 0 Å². The van der Waals surface area contributed by atoms with Gasteiger partial charge in [0.1, 0.15) is 5.75 Å². The average molecular weight is 282 g/mol. The van der Waals surface area contributed by atoms with Crippen LogP contribution < -0.4 is 13.6 Å². The van der Waals surface area contributed by atoms with Gasteiger partial charge < -0.3 is 13.6 Å². The minimum absolute atomic E-state index is 0.735. The van der Waals surface area contributed by atoms with Crippen LogP contribution in [-0.2, 0) is 0 Å². The molecule has 0 N–H and O–H groups in total. The van der Waals surface area contributed by atoms with Crippen LogP contribution in [0, 0.1) is 0 Å². The second kappa shape index (κ2) is 4.69. The molecule has 0 radical (unpaired) electrons. The van der Waals surface area contributed by atoms with Crippen molar-refractivity contribution in [3.63, 3.8) is 0 Å². The van der Waals surface area contributed by atoms with Crippen molar-refractivity contribution in [1.82, 2.24) is 0 Å². The van der Waals surface area contributed by atoms with Gasteiger partial charge >= 0.3 is 8.60 Å². The van der Waals surface area contributed by atoms with E-state index in [1.807, 2.05) is 54.6 Å². The normalized spacial score (nSPS) is 13.6. The maximum atomic E-state index is 5.89. The maximum Gasteiger partial charge on any atom is 0.530 e. The predicted octanol–water partition coefficient (Wildman–Crippen LogP) is 4.92. The highest BCUT2D eigenvalue weighted by Crippen LogP contribution is 2.53. The van der Waals surface area contributed by atoms with Gasteiger partial charge in [-0.15, -0.1) is 0 Å². The van der Waals surface area contributed by atoms with Crippen LogP contribution in [0.1, 0.15) is 0 Å². The first-order chi connectivity index (χ1) is 9.90. The Morgan fingerprint density at radius 3 is 2.15 bits per heavy atom. The Morgan fingerprint density at radius 2 is 1.35 bits per heavy atom. The number of para-hydroxylation sites is 2. The molecule has 0 saturated heterocycles. The number of benzene rings is 3. The van der Waals surface area contributed by atoms with Crippen molar-refractivity contribution < 1.29 is 13.6 Å². The summed E-state index contributed by atoms with van der Waals surface area (Å²) in [5.41, 5.74) is 0. The lowest BCUT2D eigenvalue weighted by atomic mass is 10.1. The molecule has 3 aromatic rings. The fourth-order valence-electron chi connectivity index (χ4n) is 2.17. The zero-order valence-corrected chi connectivity index (χ0v) is 11.4. The highest BCUT2D eigenvalue weighted by atomic mass is 31.2. The summed E-state index contributed by atoms with van der Waals surface area (Å²) < 4.78 is 17.3. The first-order valence-electron chi connectivity index (χ1n) is 6.31. The van der Waals surface area contributed by atoms with Crippen LogP contribution >= 0.6 is 8.60 Å². The standard InChI is InChI=1S/C16H11O3P/c1-2-8-13-12(6-1)7-5-11-14(13)17-20-18-15-9-3-4-10-16(15)19-20/h1-11H. The van der Waals surface area contributed by atoms with Crippen molar-refractivity contribution >= 4 is 19.4 Å². The van der Waals surface area contributed by atoms with Crippen molar-refractivity contribution in [2.45, 2.75) is 0 Å². The molecule has 3 nitrogen and oxygen atoms in total. The third-order valence-electron chi connectivity index (χ3n) is 3.12. The Kier molecular flexibility index (Phi) is 2.71. The lowest BCUT2D eigenvalue weighted by Crippen LogP contribution is -1.95. The molecule has 0 atom stereocenters. The van der Waals surface area contributed by atoms with Crippen molar-refractivity contribution in [2.24, 2.45) is 0 Å². The van der Waals surface area contributed by atoms with E-state index >= 15 is 0 Å². The minimum Gasteiger partial charge on any atom is -0.408 e. The molecule has 0 aliphatic carbocycles. The minimum atomic E-state index is -1.42. The quantitative estimate of drug-likeness (QED) is 0.624. The fourth-order valence-corrected chi connectivity index (χ4v) is 3.23. The molecular formula is C16H11O3P. The van der Waals surface area contributed by atoms with Gasteiger partial charge in [0.15, 0.2) is 11.5 Å². The van der Waals surface area contributed by atoms with Crippen molar-refractivity contribution in [3.8, 4) is 17.2 Å². The molecule has 0 spiro atoms. The SMILES string of the molecule is c1ccc2c(c1)OP(Oc1cccc3ccccc13)O2. The van der Waals surface area contributed by atoms with Gasteiger partial charge in [-0.05, 0) is 23.6 Å². The Balaban J connectivity index is 1.64. The molecule has 98 valence electrons. The van der Waals surface area contributed by atoms with E-state index in [0.717, 1.165) is 28.0 Å². The number of hydrogen-bond acceptors (Lipinski definition) is 3. The second-order valence-electron chi connectivity index (χ2n) is 4.42. The molecule has 0 fully saturated rings. The van der Waals surface area contributed by atoms with Crippen LogP contribution in [0.5, 0.6) is 17.2 Å². The number of fused-ring (bicyclic) bond motifs is 2. The second-order valence-corrected chi connectivity index (χ2v) is 5.42. The van der Waals surface area contributed by atoms with Crippen LogP contribution in [0.3, 0.4) is 0 Å². The molecule has 20 heavy (non-hydrogen) atoms. The third-order valence-corrected chi connectivity index (χ3v) is 4.15. The third kappa shape index (κ3) is 1.97. The zero-order chi connectivity index (χ0) is 13.4. The monoisotopic (exact) mass is 282 g/mol. The molecule has 0 bridgehead atoms. The van der Waals surface area contributed by atoms with Gasteiger partial charge in [0, 0.05) is 5.39 Å². The number of hydrogen-bond donors (Lipinski definition) is 0. The van der Waals surface area contributed by atoms with E-state index in [2.05, 4.69) is 12.1 Å². The summed E-state index contributed by atoms with van der Waals surface area (Å²) in [7, 11) is -1.42. The van der Waals surface area contributed by atoms with Crippen LogP contribution in [0.2, 0.25) is 0 Å². The van der Waals surface area contributed by atoms with Gasteiger partial charge in [-0.25, -0.2) is 0 Å². The van der Waals surface area contributed by atoms with E-state index in [4.69, 9.17) is 13.6 Å². The van der Waals surface area contributed by atoms with E-state index in [1.54, 1.807) is 0 Å². The largest absolute Gasteiger partial charge is 0.530 e. The Bertz CT molecular complexity index is 742. The smallest absolute Gasteiger partial charge is 0.408 e. The Morgan fingerprint density at radius 1 is 0.700 bits per heavy atom. The van der Waals surface area contributed by atoms with Gasteiger partial charge in [-0.2, -0.15) is 0 Å². The number of rotatable bonds is 2. The summed E-state index contributed by atoms with van der Waals surface area (Å²) in [6, 6.07) is 21.6. The van der Waals surface area contributed by atoms with Crippen LogP contribution in [0.15, 0.2) is 66.7 Å². The van der Waals surface area contributed by atoms with Gasteiger partial charge in [0.05, 0.1) is 0 Å². The first kappa shape index (κ1) is 11.6. The average Bonchev–Trinajstić information content (AvgIpc) is 2.90. The van der Waals surface area contributed by atoms with Crippen LogP contribution in [0.25, 0.3) is 10.8 Å². The molecular weight excluding hydrogens is 271 g/mol. The fraction of sp³-hybridized carbons (Fsp3) is 0. The molecule has 4 heteroatoms. The highest BCUT2D eigenvalue weighted by molar-refractivity contribution is 7.43. The summed E-state index contributed by atoms with van der Waals surface area (Å²) in [5.74, 6) is 2.25.